The van der Waals surface area contributed by atoms with Crippen LogP contribution >= 0.6 is 11.6 Å². The van der Waals surface area contributed by atoms with Crippen molar-refractivity contribution in [3.05, 3.63) is 71.1 Å². The van der Waals surface area contributed by atoms with Crippen molar-refractivity contribution >= 4 is 28.8 Å². The predicted octanol–water partition coefficient (Wildman–Crippen LogP) is 3.81. The molecule has 0 fully saturated rings. The Labute approximate surface area is 127 Å². The Balaban J connectivity index is 1.99. The van der Waals surface area contributed by atoms with Gasteiger partial charge < -0.3 is 4.79 Å². The number of fused-ring (bicyclic) bond motifs is 1. The summed E-state index contributed by atoms with van der Waals surface area (Å²) in [6, 6.07) is 13.2. The van der Waals surface area contributed by atoms with Crippen LogP contribution in [0.3, 0.4) is 0 Å². The Morgan fingerprint density at radius 1 is 1.10 bits per heavy atom. The number of aromatic nitrogens is 2. The zero-order valence-corrected chi connectivity index (χ0v) is 12.0. The second-order valence-electron chi connectivity index (χ2n) is 4.83. The van der Waals surface area contributed by atoms with Gasteiger partial charge in [0, 0.05) is 22.8 Å². The van der Waals surface area contributed by atoms with Gasteiger partial charge in [-0.15, -0.1) is 0 Å². The Kier molecular flexibility index (Phi) is 3.93. The lowest BCUT2D eigenvalue weighted by Gasteiger charge is -2.11. The average Bonchev–Trinajstić information content (AvgIpc) is 2.53. The molecular weight excluding hydrogens is 284 g/mol. The van der Waals surface area contributed by atoms with Crippen LogP contribution in [0, 0.1) is 0 Å². The highest BCUT2D eigenvalue weighted by atomic mass is 35.5. The summed E-state index contributed by atoms with van der Waals surface area (Å²) in [6.45, 7) is 0. The maximum absolute atomic E-state index is 11.4. The van der Waals surface area contributed by atoms with Crippen molar-refractivity contribution in [1.29, 1.82) is 0 Å². The second-order valence-corrected chi connectivity index (χ2v) is 5.27. The molecule has 0 spiro atoms. The third kappa shape index (κ3) is 2.93. The van der Waals surface area contributed by atoms with Gasteiger partial charge in [0.15, 0.2) is 0 Å². The maximum Gasteiger partial charge on any atom is 0.129 e. The molecule has 3 nitrogen and oxygen atoms in total. The number of carbonyl (C=O) groups is 1. The number of nitrogens with zero attached hydrogens (tertiary/aromatic N) is 2. The Morgan fingerprint density at radius 2 is 2.00 bits per heavy atom. The summed E-state index contributed by atoms with van der Waals surface area (Å²) < 4.78 is 0. The number of rotatable bonds is 4. The van der Waals surface area contributed by atoms with Crippen molar-refractivity contribution in [2.45, 2.75) is 12.3 Å². The molecule has 0 saturated heterocycles. The first-order valence-electron chi connectivity index (χ1n) is 6.67. The molecule has 1 atom stereocenters. The van der Waals surface area contributed by atoms with Crippen LogP contribution in [0.1, 0.15) is 17.2 Å². The number of hydrogen-bond donors (Lipinski definition) is 0. The van der Waals surface area contributed by atoms with E-state index in [1.54, 1.807) is 12.4 Å². The molecule has 104 valence electrons. The van der Waals surface area contributed by atoms with Gasteiger partial charge in [0.1, 0.15) is 6.29 Å². The first-order valence-corrected chi connectivity index (χ1v) is 7.05. The van der Waals surface area contributed by atoms with Gasteiger partial charge in [-0.1, -0.05) is 23.7 Å². The lowest BCUT2D eigenvalue weighted by Crippen LogP contribution is -2.06. The fraction of sp³-hybridized carbons (Fsp3) is 0.118. The van der Waals surface area contributed by atoms with Crippen molar-refractivity contribution in [2.24, 2.45) is 0 Å². The largest absolute Gasteiger partial charge is 0.303 e. The zero-order valence-electron chi connectivity index (χ0n) is 11.2. The normalized spacial score (nSPS) is 12.2. The Bertz CT molecular complexity index is 774. The molecule has 0 amide bonds. The van der Waals surface area contributed by atoms with Crippen LogP contribution in [0.4, 0.5) is 0 Å². The van der Waals surface area contributed by atoms with Gasteiger partial charge in [0.2, 0.25) is 0 Å². The highest BCUT2D eigenvalue weighted by molar-refractivity contribution is 6.31. The van der Waals surface area contributed by atoms with Crippen LogP contribution in [0.2, 0.25) is 5.02 Å². The summed E-state index contributed by atoms with van der Waals surface area (Å²) in [5.74, 6) is -0.257. The van der Waals surface area contributed by atoms with Crippen LogP contribution in [-0.4, -0.2) is 16.3 Å². The van der Waals surface area contributed by atoms with E-state index in [-0.39, 0.29) is 5.92 Å². The molecule has 0 saturated carbocycles. The first-order chi connectivity index (χ1) is 10.3. The van der Waals surface area contributed by atoms with Crippen LogP contribution < -0.4 is 0 Å². The minimum Gasteiger partial charge on any atom is -0.303 e. The van der Waals surface area contributed by atoms with Gasteiger partial charge in [-0.25, -0.2) is 0 Å². The third-order valence-corrected chi connectivity index (χ3v) is 3.70. The van der Waals surface area contributed by atoms with Crippen molar-refractivity contribution in [3.8, 4) is 0 Å². The molecule has 4 heteroatoms. The van der Waals surface area contributed by atoms with E-state index >= 15 is 0 Å². The summed E-state index contributed by atoms with van der Waals surface area (Å²) in [5.41, 5.74) is 2.69. The maximum atomic E-state index is 11.4. The van der Waals surface area contributed by atoms with Crippen molar-refractivity contribution < 1.29 is 4.79 Å². The molecule has 1 unspecified atom stereocenters. The van der Waals surface area contributed by atoms with E-state index in [2.05, 4.69) is 9.97 Å². The minimum absolute atomic E-state index is 0.257. The summed E-state index contributed by atoms with van der Waals surface area (Å²) in [4.78, 5) is 20.0. The molecule has 0 aliphatic heterocycles. The SMILES string of the molecule is O=CC(Cc1ccnc2cc(Cl)ccc12)c1ccccn1. The van der Waals surface area contributed by atoms with E-state index in [0.29, 0.717) is 11.4 Å². The van der Waals surface area contributed by atoms with Crippen molar-refractivity contribution in [2.75, 3.05) is 0 Å². The smallest absolute Gasteiger partial charge is 0.129 e. The molecule has 2 heterocycles. The van der Waals surface area contributed by atoms with E-state index in [1.807, 2.05) is 42.5 Å². The molecule has 0 aliphatic carbocycles. The van der Waals surface area contributed by atoms with Gasteiger partial charge in [0.05, 0.1) is 17.1 Å². The Hall–Kier alpha value is -2.26. The molecule has 2 aromatic heterocycles. The summed E-state index contributed by atoms with van der Waals surface area (Å²) >= 11 is 5.99. The highest BCUT2D eigenvalue weighted by Gasteiger charge is 2.14. The summed E-state index contributed by atoms with van der Waals surface area (Å²) in [5, 5.41) is 1.67. The zero-order chi connectivity index (χ0) is 14.7. The number of halogens is 1. The molecule has 3 rings (SSSR count). The fourth-order valence-electron chi connectivity index (χ4n) is 2.41. The van der Waals surface area contributed by atoms with Crippen LogP contribution in [0.25, 0.3) is 10.9 Å². The fourth-order valence-corrected chi connectivity index (χ4v) is 2.58. The minimum atomic E-state index is -0.257. The van der Waals surface area contributed by atoms with Crippen LogP contribution in [-0.2, 0) is 11.2 Å². The van der Waals surface area contributed by atoms with Crippen molar-refractivity contribution in [3.63, 3.8) is 0 Å². The van der Waals surface area contributed by atoms with E-state index in [4.69, 9.17) is 11.6 Å². The first kappa shape index (κ1) is 13.7. The second kappa shape index (κ2) is 6.02. The van der Waals surface area contributed by atoms with Gasteiger partial charge >= 0.3 is 0 Å². The van der Waals surface area contributed by atoms with Gasteiger partial charge in [-0.05, 0) is 42.3 Å². The molecule has 0 bridgehead atoms. The molecule has 1 aromatic carbocycles. The molecule has 0 radical (unpaired) electrons. The summed E-state index contributed by atoms with van der Waals surface area (Å²) in [7, 11) is 0. The van der Waals surface area contributed by atoms with Crippen LogP contribution in [0.5, 0.6) is 0 Å². The lowest BCUT2D eigenvalue weighted by molar-refractivity contribution is -0.109. The molecule has 3 aromatic rings. The van der Waals surface area contributed by atoms with E-state index in [0.717, 1.165) is 28.4 Å². The molecular formula is C17H13ClN2O. The van der Waals surface area contributed by atoms with E-state index in [1.165, 1.54) is 0 Å². The third-order valence-electron chi connectivity index (χ3n) is 3.47. The predicted molar refractivity (Wildman–Crippen MR) is 83.5 cm³/mol. The molecule has 0 aliphatic rings. The number of benzene rings is 1. The van der Waals surface area contributed by atoms with Gasteiger partial charge in [-0.2, -0.15) is 0 Å². The quantitative estimate of drug-likeness (QED) is 0.688. The Morgan fingerprint density at radius 3 is 2.76 bits per heavy atom. The van der Waals surface area contributed by atoms with Crippen molar-refractivity contribution in [1.82, 2.24) is 9.97 Å². The average molecular weight is 297 g/mol. The monoisotopic (exact) mass is 296 g/mol. The number of hydrogen-bond acceptors (Lipinski definition) is 3. The number of pyridine rings is 2. The van der Waals surface area contributed by atoms with Gasteiger partial charge in [-0.3, -0.25) is 9.97 Å². The lowest BCUT2D eigenvalue weighted by atomic mass is 9.95. The van der Waals surface area contributed by atoms with Crippen LogP contribution in [0.15, 0.2) is 54.9 Å². The topological polar surface area (TPSA) is 42.9 Å². The standard InChI is InChI=1S/C17H13ClN2O/c18-14-4-5-15-12(6-8-20-17(15)10-14)9-13(11-21)16-3-1-2-7-19-16/h1-8,10-11,13H,9H2. The summed E-state index contributed by atoms with van der Waals surface area (Å²) in [6.07, 6.45) is 5.00. The number of aldehydes is 1. The highest BCUT2D eigenvalue weighted by Crippen LogP contribution is 2.25. The van der Waals surface area contributed by atoms with Gasteiger partial charge in [0.25, 0.3) is 0 Å². The molecule has 0 N–H and O–H groups in total. The number of carbonyl (C=O) groups excluding carboxylic acids is 1. The molecule has 21 heavy (non-hydrogen) atoms. The van der Waals surface area contributed by atoms with E-state index in [9.17, 15) is 4.79 Å². The van der Waals surface area contributed by atoms with E-state index < -0.39 is 0 Å².